The Bertz CT molecular complexity index is 725. The van der Waals surface area contributed by atoms with Gasteiger partial charge in [0.2, 0.25) is 5.91 Å². The molecule has 0 fully saturated rings. The lowest BCUT2D eigenvalue weighted by Crippen LogP contribution is -2.44. The number of benzene rings is 2. The van der Waals surface area contributed by atoms with E-state index in [4.69, 9.17) is 0 Å². The molecule has 1 unspecified atom stereocenters. The van der Waals surface area contributed by atoms with Crippen molar-refractivity contribution in [3.05, 3.63) is 70.8 Å². The second-order valence-corrected chi connectivity index (χ2v) is 6.16. The average molecular weight is 325 g/mol. The van der Waals surface area contributed by atoms with Gasteiger partial charge in [-0.15, -0.1) is 0 Å². The Kier molecular flexibility index (Phi) is 5.74. The smallest absolute Gasteiger partial charge is 0.326 e. The van der Waals surface area contributed by atoms with E-state index in [0.29, 0.717) is 6.42 Å². The molecule has 0 radical (unpaired) electrons. The number of aryl methyl sites for hydroxylation is 2. The van der Waals surface area contributed by atoms with Crippen molar-refractivity contribution in [2.24, 2.45) is 0 Å². The van der Waals surface area contributed by atoms with E-state index in [1.165, 1.54) is 4.90 Å². The van der Waals surface area contributed by atoms with Crippen LogP contribution in [0.15, 0.2) is 48.5 Å². The maximum Gasteiger partial charge on any atom is 0.326 e. The first-order valence-corrected chi connectivity index (χ1v) is 7.97. The van der Waals surface area contributed by atoms with Gasteiger partial charge in [-0.3, -0.25) is 4.79 Å². The summed E-state index contributed by atoms with van der Waals surface area (Å²) in [6.07, 6.45) is 0.508. The van der Waals surface area contributed by atoms with E-state index in [1.54, 1.807) is 7.05 Å². The summed E-state index contributed by atoms with van der Waals surface area (Å²) in [5.74, 6) is -1.18. The Morgan fingerprint density at radius 3 is 2.38 bits per heavy atom. The van der Waals surface area contributed by atoms with Crippen LogP contribution in [0.4, 0.5) is 0 Å². The number of hydrogen-bond donors (Lipinski definition) is 1. The first kappa shape index (κ1) is 17.7. The van der Waals surface area contributed by atoms with Crippen LogP contribution in [0.1, 0.15) is 22.3 Å². The Labute approximate surface area is 142 Å². The second kappa shape index (κ2) is 7.77. The lowest BCUT2D eigenvalue weighted by Gasteiger charge is -2.25. The standard InChI is InChI=1S/C20H23NO3/c1-14-9-10-15(2)17(11-14)13-19(22)21(3)18(20(23)24)12-16-7-5-4-6-8-16/h4-11,18H,12-13H2,1-3H3,(H,23,24). The van der Waals surface area contributed by atoms with Crippen molar-refractivity contribution in [2.75, 3.05) is 7.05 Å². The van der Waals surface area contributed by atoms with Gasteiger partial charge in [0.1, 0.15) is 6.04 Å². The fourth-order valence-electron chi connectivity index (χ4n) is 2.68. The van der Waals surface area contributed by atoms with Gasteiger partial charge in [-0.25, -0.2) is 4.79 Å². The molecule has 1 amide bonds. The van der Waals surface area contributed by atoms with Crippen LogP contribution in [0, 0.1) is 13.8 Å². The fourth-order valence-corrected chi connectivity index (χ4v) is 2.68. The number of carboxylic acid groups (broad SMARTS) is 1. The van der Waals surface area contributed by atoms with Gasteiger partial charge >= 0.3 is 5.97 Å². The van der Waals surface area contributed by atoms with Crippen LogP contribution < -0.4 is 0 Å². The summed E-state index contributed by atoms with van der Waals surface area (Å²) < 4.78 is 0. The molecule has 0 heterocycles. The van der Waals surface area contributed by atoms with E-state index < -0.39 is 12.0 Å². The number of nitrogens with zero attached hydrogens (tertiary/aromatic N) is 1. The molecule has 0 aromatic heterocycles. The van der Waals surface area contributed by atoms with Gasteiger partial charge in [-0.1, -0.05) is 54.1 Å². The normalized spacial score (nSPS) is 11.8. The Morgan fingerprint density at radius 1 is 1.08 bits per heavy atom. The molecule has 0 bridgehead atoms. The van der Waals surface area contributed by atoms with Gasteiger partial charge in [0, 0.05) is 13.5 Å². The van der Waals surface area contributed by atoms with Crippen LogP contribution in [0.25, 0.3) is 0 Å². The molecule has 0 aliphatic rings. The summed E-state index contributed by atoms with van der Waals surface area (Å²) in [5.41, 5.74) is 3.97. The molecule has 1 N–H and O–H groups in total. The molecule has 0 spiro atoms. The SMILES string of the molecule is Cc1ccc(C)c(CC(=O)N(C)C(Cc2ccccc2)C(=O)O)c1. The summed E-state index contributed by atoms with van der Waals surface area (Å²) in [6.45, 7) is 3.94. The predicted octanol–water partition coefficient (Wildman–Crippen LogP) is 3.00. The number of aliphatic carboxylic acids is 1. The van der Waals surface area contributed by atoms with Crippen LogP contribution in [-0.2, 0) is 22.4 Å². The first-order chi connectivity index (χ1) is 11.4. The van der Waals surface area contributed by atoms with Crippen molar-refractivity contribution in [1.82, 2.24) is 4.90 Å². The number of amides is 1. The van der Waals surface area contributed by atoms with Crippen molar-refractivity contribution in [1.29, 1.82) is 0 Å². The fraction of sp³-hybridized carbons (Fsp3) is 0.300. The number of likely N-dealkylation sites (N-methyl/N-ethyl adjacent to an activating group) is 1. The summed E-state index contributed by atoms with van der Waals surface area (Å²) in [6, 6.07) is 14.5. The van der Waals surface area contributed by atoms with E-state index in [2.05, 4.69) is 0 Å². The molecule has 1 atom stereocenters. The minimum Gasteiger partial charge on any atom is -0.480 e. The molecule has 0 aliphatic carbocycles. The molecule has 0 saturated carbocycles. The molecule has 0 saturated heterocycles. The molecule has 4 heteroatoms. The summed E-state index contributed by atoms with van der Waals surface area (Å²) >= 11 is 0. The van der Waals surface area contributed by atoms with E-state index in [9.17, 15) is 14.7 Å². The Morgan fingerprint density at radius 2 is 1.75 bits per heavy atom. The first-order valence-electron chi connectivity index (χ1n) is 7.97. The maximum atomic E-state index is 12.6. The van der Waals surface area contributed by atoms with E-state index >= 15 is 0 Å². The van der Waals surface area contributed by atoms with Crippen molar-refractivity contribution in [3.8, 4) is 0 Å². The van der Waals surface area contributed by atoms with E-state index in [-0.39, 0.29) is 12.3 Å². The Balaban J connectivity index is 2.14. The second-order valence-electron chi connectivity index (χ2n) is 6.16. The van der Waals surface area contributed by atoms with Crippen molar-refractivity contribution in [2.45, 2.75) is 32.7 Å². The van der Waals surface area contributed by atoms with Crippen LogP contribution in [0.3, 0.4) is 0 Å². The van der Waals surface area contributed by atoms with Crippen LogP contribution in [-0.4, -0.2) is 35.0 Å². The van der Waals surface area contributed by atoms with E-state index in [0.717, 1.165) is 22.3 Å². The number of carboxylic acids is 1. The zero-order chi connectivity index (χ0) is 17.7. The van der Waals surface area contributed by atoms with Crippen molar-refractivity contribution < 1.29 is 14.7 Å². The lowest BCUT2D eigenvalue weighted by atomic mass is 10.0. The van der Waals surface area contributed by atoms with Gasteiger partial charge in [-0.05, 0) is 30.5 Å². The predicted molar refractivity (Wildman–Crippen MR) is 94.0 cm³/mol. The monoisotopic (exact) mass is 325 g/mol. The van der Waals surface area contributed by atoms with Gasteiger partial charge in [0.25, 0.3) is 0 Å². The molecular formula is C20H23NO3. The summed E-state index contributed by atoms with van der Waals surface area (Å²) in [5, 5.41) is 9.52. The molecule has 2 rings (SSSR count). The van der Waals surface area contributed by atoms with Gasteiger partial charge in [0.05, 0.1) is 6.42 Å². The minimum absolute atomic E-state index is 0.188. The largest absolute Gasteiger partial charge is 0.480 e. The molecule has 4 nitrogen and oxygen atoms in total. The highest BCUT2D eigenvalue weighted by Gasteiger charge is 2.27. The number of carbonyl (C=O) groups is 2. The third kappa shape index (κ3) is 4.44. The van der Waals surface area contributed by atoms with Crippen LogP contribution in [0.5, 0.6) is 0 Å². The molecular weight excluding hydrogens is 302 g/mol. The minimum atomic E-state index is -0.990. The molecule has 2 aromatic carbocycles. The Hall–Kier alpha value is -2.62. The number of rotatable bonds is 6. The third-order valence-electron chi connectivity index (χ3n) is 4.26. The van der Waals surface area contributed by atoms with Crippen LogP contribution >= 0.6 is 0 Å². The average Bonchev–Trinajstić information content (AvgIpc) is 2.56. The molecule has 126 valence electrons. The van der Waals surface area contributed by atoms with E-state index in [1.807, 2.05) is 62.4 Å². The quantitative estimate of drug-likeness (QED) is 0.888. The van der Waals surface area contributed by atoms with Crippen LogP contribution in [0.2, 0.25) is 0 Å². The molecule has 0 aliphatic heterocycles. The molecule has 2 aromatic rings. The molecule has 24 heavy (non-hydrogen) atoms. The summed E-state index contributed by atoms with van der Waals surface area (Å²) in [4.78, 5) is 25.5. The van der Waals surface area contributed by atoms with Crippen molar-refractivity contribution >= 4 is 11.9 Å². The third-order valence-corrected chi connectivity index (χ3v) is 4.26. The lowest BCUT2D eigenvalue weighted by molar-refractivity contribution is -0.148. The topological polar surface area (TPSA) is 57.6 Å². The van der Waals surface area contributed by atoms with Gasteiger partial charge < -0.3 is 10.0 Å². The highest BCUT2D eigenvalue weighted by atomic mass is 16.4. The number of carbonyl (C=O) groups excluding carboxylic acids is 1. The highest BCUT2D eigenvalue weighted by Crippen LogP contribution is 2.14. The number of hydrogen-bond acceptors (Lipinski definition) is 2. The summed E-state index contributed by atoms with van der Waals surface area (Å²) in [7, 11) is 1.56. The zero-order valence-electron chi connectivity index (χ0n) is 14.3. The maximum absolute atomic E-state index is 12.6. The van der Waals surface area contributed by atoms with Crippen molar-refractivity contribution in [3.63, 3.8) is 0 Å². The highest BCUT2D eigenvalue weighted by molar-refractivity contribution is 5.85. The van der Waals surface area contributed by atoms with Gasteiger partial charge in [0.15, 0.2) is 0 Å². The zero-order valence-corrected chi connectivity index (χ0v) is 14.3. The van der Waals surface area contributed by atoms with Gasteiger partial charge in [-0.2, -0.15) is 0 Å².